The van der Waals surface area contributed by atoms with Gasteiger partial charge in [-0.2, -0.15) is 5.10 Å². The number of carbonyl (C=O) groups is 1. The summed E-state index contributed by atoms with van der Waals surface area (Å²) >= 11 is 0. The van der Waals surface area contributed by atoms with Crippen molar-refractivity contribution in [3.63, 3.8) is 0 Å². The first-order chi connectivity index (χ1) is 9.22. The molecular weight excluding hydrogens is 246 g/mol. The van der Waals surface area contributed by atoms with E-state index in [-0.39, 0.29) is 12.5 Å². The minimum absolute atomic E-state index is 0.155. The molecule has 1 aromatic carbocycles. The average Bonchev–Trinajstić information content (AvgIpc) is 2.91. The Bertz CT molecular complexity index is 552. The van der Waals surface area contributed by atoms with E-state index in [0.29, 0.717) is 17.2 Å². The van der Waals surface area contributed by atoms with Gasteiger partial charge in [0, 0.05) is 18.5 Å². The minimum Gasteiger partial charge on any atom is -0.497 e. The first-order valence-corrected chi connectivity index (χ1v) is 5.72. The standard InChI is InChI=1S/C13H15N3O3/c1-18-10-4-5-11(12(8-10)19-2)15-13(17)9-16-7-3-6-14-16/h3-8H,9H2,1-2H3,(H,15,17). The lowest BCUT2D eigenvalue weighted by Crippen LogP contribution is -2.19. The Kier molecular flexibility index (Phi) is 4.02. The second-order valence-corrected chi connectivity index (χ2v) is 3.82. The van der Waals surface area contributed by atoms with Crippen LogP contribution >= 0.6 is 0 Å². The molecule has 0 saturated carbocycles. The number of anilines is 1. The molecule has 0 fully saturated rings. The fraction of sp³-hybridized carbons (Fsp3) is 0.231. The van der Waals surface area contributed by atoms with Crippen LogP contribution in [0.1, 0.15) is 0 Å². The highest BCUT2D eigenvalue weighted by molar-refractivity contribution is 5.92. The fourth-order valence-electron chi connectivity index (χ4n) is 1.63. The summed E-state index contributed by atoms with van der Waals surface area (Å²) in [5, 5.41) is 6.74. The first-order valence-electron chi connectivity index (χ1n) is 5.72. The van der Waals surface area contributed by atoms with Crippen LogP contribution in [0.25, 0.3) is 0 Å². The highest BCUT2D eigenvalue weighted by atomic mass is 16.5. The third kappa shape index (κ3) is 3.25. The number of aromatic nitrogens is 2. The van der Waals surface area contributed by atoms with Crippen LogP contribution in [0.2, 0.25) is 0 Å². The topological polar surface area (TPSA) is 65.4 Å². The second kappa shape index (κ2) is 5.90. The molecule has 6 heteroatoms. The largest absolute Gasteiger partial charge is 0.497 e. The lowest BCUT2D eigenvalue weighted by Gasteiger charge is -2.11. The number of nitrogens with one attached hydrogen (secondary N) is 1. The molecule has 1 heterocycles. The summed E-state index contributed by atoms with van der Waals surface area (Å²) in [6.45, 7) is 0.155. The fourth-order valence-corrected chi connectivity index (χ4v) is 1.63. The van der Waals surface area contributed by atoms with Gasteiger partial charge >= 0.3 is 0 Å². The Hall–Kier alpha value is -2.50. The molecular formula is C13H15N3O3. The molecule has 0 aliphatic carbocycles. The van der Waals surface area contributed by atoms with E-state index in [9.17, 15) is 4.79 Å². The van der Waals surface area contributed by atoms with Crippen molar-refractivity contribution in [1.82, 2.24) is 9.78 Å². The highest BCUT2D eigenvalue weighted by Gasteiger charge is 2.09. The Morgan fingerprint density at radius 3 is 2.84 bits per heavy atom. The van der Waals surface area contributed by atoms with Gasteiger partial charge in [0.2, 0.25) is 5.91 Å². The van der Waals surface area contributed by atoms with Crippen molar-refractivity contribution in [2.75, 3.05) is 19.5 Å². The number of carbonyl (C=O) groups excluding carboxylic acids is 1. The zero-order valence-electron chi connectivity index (χ0n) is 10.8. The van der Waals surface area contributed by atoms with Crippen molar-refractivity contribution < 1.29 is 14.3 Å². The van der Waals surface area contributed by atoms with Gasteiger partial charge < -0.3 is 14.8 Å². The smallest absolute Gasteiger partial charge is 0.246 e. The van der Waals surface area contributed by atoms with Crippen LogP contribution in [-0.2, 0) is 11.3 Å². The Balaban J connectivity index is 2.07. The summed E-state index contributed by atoms with van der Waals surface area (Å²) in [4.78, 5) is 11.8. The van der Waals surface area contributed by atoms with Gasteiger partial charge in [0.05, 0.1) is 19.9 Å². The van der Waals surface area contributed by atoms with Gasteiger partial charge in [-0.05, 0) is 18.2 Å². The van der Waals surface area contributed by atoms with E-state index in [1.165, 1.54) is 7.11 Å². The van der Waals surface area contributed by atoms with E-state index in [0.717, 1.165) is 0 Å². The number of methoxy groups -OCH3 is 2. The van der Waals surface area contributed by atoms with Crippen molar-refractivity contribution in [1.29, 1.82) is 0 Å². The van der Waals surface area contributed by atoms with Crippen LogP contribution in [0.15, 0.2) is 36.7 Å². The van der Waals surface area contributed by atoms with E-state index in [2.05, 4.69) is 10.4 Å². The second-order valence-electron chi connectivity index (χ2n) is 3.82. The molecule has 0 bridgehead atoms. The quantitative estimate of drug-likeness (QED) is 0.886. The number of nitrogens with zero attached hydrogens (tertiary/aromatic N) is 2. The SMILES string of the molecule is COc1ccc(NC(=O)Cn2cccn2)c(OC)c1. The lowest BCUT2D eigenvalue weighted by molar-refractivity contribution is -0.116. The van der Waals surface area contributed by atoms with E-state index in [4.69, 9.17) is 9.47 Å². The molecule has 0 atom stereocenters. The van der Waals surface area contributed by atoms with Crippen molar-refractivity contribution >= 4 is 11.6 Å². The van der Waals surface area contributed by atoms with Gasteiger partial charge in [-0.1, -0.05) is 0 Å². The zero-order valence-corrected chi connectivity index (χ0v) is 10.8. The molecule has 6 nitrogen and oxygen atoms in total. The summed E-state index contributed by atoms with van der Waals surface area (Å²) in [7, 11) is 3.11. The summed E-state index contributed by atoms with van der Waals surface area (Å²) in [6.07, 6.45) is 3.35. The van der Waals surface area contributed by atoms with E-state index in [1.807, 2.05) is 0 Å². The van der Waals surface area contributed by atoms with Crippen molar-refractivity contribution in [2.24, 2.45) is 0 Å². The predicted molar refractivity (Wildman–Crippen MR) is 70.4 cm³/mol. The Morgan fingerprint density at radius 2 is 2.21 bits per heavy atom. The molecule has 0 spiro atoms. The summed E-state index contributed by atoms with van der Waals surface area (Å²) in [5.74, 6) is 1.04. The molecule has 0 aliphatic rings. The third-order valence-corrected chi connectivity index (χ3v) is 2.55. The first kappa shape index (κ1) is 12.9. The Labute approximate surface area is 110 Å². The average molecular weight is 261 g/mol. The maximum atomic E-state index is 11.8. The van der Waals surface area contributed by atoms with Crippen molar-refractivity contribution in [3.8, 4) is 11.5 Å². The van der Waals surface area contributed by atoms with Crippen LogP contribution in [0.3, 0.4) is 0 Å². The maximum absolute atomic E-state index is 11.8. The van der Waals surface area contributed by atoms with Gasteiger partial charge in [-0.3, -0.25) is 9.48 Å². The number of hydrogen-bond donors (Lipinski definition) is 1. The molecule has 2 rings (SSSR count). The van der Waals surface area contributed by atoms with E-state index in [1.54, 1.807) is 48.5 Å². The summed E-state index contributed by atoms with van der Waals surface area (Å²) in [5.41, 5.74) is 0.598. The third-order valence-electron chi connectivity index (χ3n) is 2.55. The van der Waals surface area contributed by atoms with Gasteiger partial charge in [-0.15, -0.1) is 0 Å². The molecule has 100 valence electrons. The number of hydrogen-bond acceptors (Lipinski definition) is 4. The number of benzene rings is 1. The van der Waals surface area contributed by atoms with Gasteiger partial charge in [0.1, 0.15) is 18.0 Å². The van der Waals surface area contributed by atoms with Gasteiger partial charge in [-0.25, -0.2) is 0 Å². The van der Waals surface area contributed by atoms with Gasteiger partial charge in [0.25, 0.3) is 0 Å². The molecule has 1 amide bonds. The van der Waals surface area contributed by atoms with Crippen LogP contribution in [0, 0.1) is 0 Å². The lowest BCUT2D eigenvalue weighted by atomic mass is 10.2. The summed E-state index contributed by atoms with van der Waals surface area (Å²) < 4.78 is 11.8. The van der Waals surface area contributed by atoms with Crippen molar-refractivity contribution in [3.05, 3.63) is 36.7 Å². The number of rotatable bonds is 5. The highest BCUT2D eigenvalue weighted by Crippen LogP contribution is 2.28. The molecule has 0 radical (unpaired) electrons. The monoisotopic (exact) mass is 261 g/mol. The van der Waals surface area contributed by atoms with Gasteiger partial charge in [0.15, 0.2) is 0 Å². The molecule has 2 aromatic rings. The number of ether oxygens (including phenoxy) is 2. The summed E-state index contributed by atoms with van der Waals surface area (Å²) in [6, 6.07) is 6.97. The van der Waals surface area contributed by atoms with Crippen LogP contribution in [0.5, 0.6) is 11.5 Å². The normalized spacial score (nSPS) is 10.0. The van der Waals surface area contributed by atoms with Crippen LogP contribution < -0.4 is 14.8 Å². The van der Waals surface area contributed by atoms with Crippen LogP contribution in [-0.4, -0.2) is 29.9 Å². The molecule has 0 unspecified atom stereocenters. The van der Waals surface area contributed by atoms with E-state index < -0.39 is 0 Å². The molecule has 1 aromatic heterocycles. The molecule has 0 saturated heterocycles. The van der Waals surface area contributed by atoms with E-state index >= 15 is 0 Å². The van der Waals surface area contributed by atoms with Crippen molar-refractivity contribution in [2.45, 2.75) is 6.54 Å². The maximum Gasteiger partial charge on any atom is 0.246 e. The minimum atomic E-state index is -0.174. The number of amides is 1. The van der Waals surface area contributed by atoms with Crippen LogP contribution in [0.4, 0.5) is 5.69 Å². The predicted octanol–water partition coefficient (Wildman–Crippen LogP) is 1.54. The molecule has 1 N–H and O–H groups in total. The Morgan fingerprint density at radius 1 is 1.37 bits per heavy atom. The molecule has 19 heavy (non-hydrogen) atoms. The molecule has 0 aliphatic heterocycles. The zero-order chi connectivity index (χ0) is 13.7.